The normalized spacial score (nSPS) is 23.0. The SMILES string of the molecule is CS[C@H]1CCCCN(C(=O)NCc2ccn(C3CCCC3)n2)C1. The zero-order valence-electron chi connectivity index (χ0n) is 14.0. The summed E-state index contributed by atoms with van der Waals surface area (Å²) in [4.78, 5) is 14.4. The summed E-state index contributed by atoms with van der Waals surface area (Å²) in [5.74, 6) is 0. The van der Waals surface area contributed by atoms with Crippen LogP contribution in [0.1, 0.15) is 56.7 Å². The molecule has 1 aliphatic heterocycles. The van der Waals surface area contributed by atoms with Gasteiger partial charge in [-0.3, -0.25) is 4.68 Å². The molecule has 1 atom stereocenters. The van der Waals surface area contributed by atoms with Gasteiger partial charge in [-0.05, 0) is 38.0 Å². The van der Waals surface area contributed by atoms with Gasteiger partial charge in [0.15, 0.2) is 0 Å². The minimum absolute atomic E-state index is 0.0568. The Morgan fingerprint density at radius 3 is 2.87 bits per heavy atom. The van der Waals surface area contributed by atoms with Crippen LogP contribution in [0.2, 0.25) is 0 Å². The van der Waals surface area contributed by atoms with E-state index >= 15 is 0 Å². The first-order valence-corrected chi connectivity index (χ1v) is 10.1. The van der Waals surface area contributed by atoms with Crippen LogP contribution in [0.3, 0.4) is 0 Å². The Labute approximate surface area is 143 Å². The number of thioether (sulfide) groups is 1. The molecule has 3 rings (SSSR count). The number of nitrogens with one attached hydrogen (secondary N) is 1. The molecule has 2 aliphatic rings. The summed E-state index contributed by atoms with van der Waals surface area (Å²) in [7, 11) is 0. The second-order valence-corrected chi connectivity index (χ2v) is 7.82. The molecule has 1 saturated heterocycles. The smallest absolute Gasteiger partial charge is 0.317 e. The second-order valence-electron chi connectivity index (χ2n) is 6.68. The van der Waals surface area contributed by atoms with Crippen LogP contribution >= 0.6 is 11.8 Å². The summed E-state index contributed by atoms with van der Waals surface area (Å²) in [6.07, 6.45) is 12.8. The molecular formula is C17H28N4OS. The van der Waals surface area contributed by atoms with E-state index in [9.17, 15) is 4.79 Å². The molecule has 2 amide bonds. The van der Waals surface area contributed by atoms with Gasteiger partial charge in [0.25, 0.3) is 0 Å². The number of nitrogens with zero attached hydrogens (tertiary/aromatic N) is 3. The lowest BCUT2D eigenvalue weighted by Gasteiger charge is -2.23. The standard InChI is InChI=1S/C17H28N4OS/c1-23-16-8-4-5-10-20(13-16)17(22)18-12-14-9-11-21(19-14)15-6-2-3-7-15/h9,11,15-16H,2-8,10,12-13H2,1H3,(H,18,22)/t16-/m0/s1. The van der Waals surface area contributed by atoms with Crippen molar-refractivity contribution >= 4 is 17.8 Å². The fourth-order valence-electron chi connectivity index (χ4n) is 3.60. The van der Waals surface area contributed by atoms with E-state index in [-0.39, 0.29) is 6.03 Å². The third-order valence-electron chi connectivity index (χ3n) is 5.03. The minimum Gasteiger partial charge on any atom is -0.332 e. The zero-order chi connectivity index (χ0) is 16.1. The Balaban J connectivity index is 1.50. The Morgan fingerprint density at radius 2 is 2.09 bits per heavy atom. The van der Waals surface area contributed by atoms with E-state index in [4.69, 9.17) is 0 Å². The van der Waals surface area contributed by atoms with Crippen molar-refractivity contribution in [2.45, 2.75) is 62.8 Å². The summed E-state index contributed by atoms with van der Waals surface area (Å²) < 4.78 is 2.09. The Hall–Kier alpha value is -1.17. The largest absolute Gasteiger partial charge is 0.332 e. The van der Waals surface area contributed by atoms with Crippen molar-refractivity contribution in [2.24, 2.45) is 0 Å². The average molecular weight is 337 g/mol. The highest BCUT2D eigenvalue weighted by Crippen LogP contribution is 2.28. The van der Waals surface area contributed by atoms with Gasteiger partial charge in [0, 0.05) is 24.5 Å². The monoisotopic (exact) mass is 336 g/mol. The van der Waals surface area contributed by atoms with Crippen molar-refractivity contribution in [3.8, 4) is 0 Å². The lowest BCUT2D eigenvalue weighted by Crippen LogP contribution is -2.42. The molecule has 1 aromatic rings. The molecule has 0 spiro atoms. The molecule has 0 radical (unpaired) electrons. The van der Waals surface area contributed by atoms with E-state index in [1.54, 1.807) is 0 Å². The molecular weight excluding hydrogens is 308 g/mol. The number of urea groups is 1. The first-order valence-electron chi connectivity index (χ1n) is 8.86. The highest BCUT2D eigenvalue weighted by Gasteiger charge is 2.22. The summed E-state index contributed by atoms with van der Waals surface area (Å²) in [6.45, 7) is 2.27. The maximum absolute atomic E-state index is 12.4. The Bertz CT molecular complexity index is 512. The number of carbonyl (C=O) groups excluding carboxylic acids is 1. The fraction of sp³-hybridized carbons (Fsp3) is 0.765. The number of amides is 2. The quantitative estimate of drug-likeness (QED) is 0.916. The van der Waals surface area contributed by atoms with Crippen molar-refractivity contribution in [1.82, 2.24) is 20.0 Å². The molecule has 6 heteroatoms. The van der Waals surface area contributed by atoms with Crippen LogP contribution in [-0.4, -0.2) is 45.3 Å². The summed E-state index contributed by atoms with van der Waals surface area (Å²) in [5, 5.41) is 8.26. The molecule has 1 N–H and O–H groups in total. The van der Waals surface area contributed by atoms with E-state index in [2.05, 4.69) is 27.5 Å². The van der Waals surface area contributed by atoms with Crippen molar-refractivity contribution in [2.75, 3.05) is 19.3 Å². The lowest BCUT2D eigenvalue weighted by molar-refractivity contribution is 0.199. The summed E-state index contributed by atoms with van der Waals surface area (Å²) >= 11 is 1.87. The van der Waals surface area contributed by atoms with Crippen molar-refractivity contribution in [3.05, 3.63) is 18.0 Å². The molecule has 23 heavy (non-hydrogen) atoms. The lowest BCUT2D eigenvalue weighted by atomic mass is 10.2. The molecule has 5 nitrogen and oxygen atoms in total. The first-order chi connectivity index (χ1) is 11.3. The third-order valence-corrected chi connectivity index (χ3v) is 6.08. The van der Waals surface area contributed by atoms with Crippen molar-refractivity contribution in [3.63, 3.8) is 0 Å². The number of hydrogen-bond acceptors (Lipinski definition) is 3. The number of likely N-dealkylation sites (tertiary alicyclic amines) is 1. The molecule has 2 heterocycles. The van der Waals surface area contributed by atoms with E-state index in [0.29, 0.717) is 17.8 Å². The van der Waals surface area contributed by atoms with Crippen LogP contribution in [0.5, 0.6) is 0 Å². The maximum atomic E-state index is 12.4. The van der Waals surface area contributed by atoms with E-state index < -0.39 is 0 Å². The van der Waals surface area contributed by atoms with Crippen molar-refractivity contribution in [1.29, 1.82) is 0 Å². The highest BCUT2D eigenvalue weighted by atomic mass is 32.2. The highest BCUT2D eigenvalue weighted by molar-refractivity contribution is 7.99. The molecule has 1 aromatic heterocycles. The van der Waals surface area contributed by atoms with Crippen LogP contribution in [0.15, 0.2) is 12.3 Å². The summed E-state index contributed by atoms with van der Waals surface area (Å²) in [6, 6.07) is 2.65. The van der Waals surface area contributed by atoms with Gasteiger partial charge in [-0.2, -0.15) is 16.9 Å². The molecule has 128 valence electrons. The minimum atomic E-state index is 0.0568. The Morgan fingerprint density at radius 1 is 1.30 bits per heavy atom. The van der Waals surface area contributed by atoms with Gasteiger partial charge < -0.3 is 10.2 Å². The average Bonchev–Trinajstić information content (AvgIpc) is 3.19. The Kier molecular flexibility index (Phi) is 5.86. The van der Waals surface area contributed by atoms with E-state index in [1.165, 1.54) is 38.5 Å². The van der Waals surface area contributed by atoms with Gasteiger partial charge in [-0.15, -0.1) is 0 Å². The maximum Gasteiger partial charge on any atom is 0.317 e. The molecule has 0 bridgehead atoms. The molecule has 2 fully saturated rings. The van der Waals surface area contributed by atoms with Crippen LogP contribution in [-0.2, 0) is 6.54 Å². The van der Waals surface area contributed by atoms with Crippen LogP contribution in [0.4, 0.5) is 4.79 Å². The van der Waals surface area contributed by atoms with Gasteiger partial charge in [0.1, 0.15) is 0 Å². The number of aromatic nitrogens is 2. The summed E-state index contributed by atoms with van der Waals surface area (Å²) in [5.41, 5.74) is 0.960. The predicted octanol–water partition coefficient (Wildman–Crippen LogP) is 3.43. The van der Waals surface area contributed by atoms with Gasteiger partial charge in [-0.1, -0.05) is 19.3 Å². The van der Waals surface area contributed by atoms with Crippen LogP contribution < -0.4 is 5.32 Å². The number of rotatable bonds is 4. The number of hydrogen-bond donors (Lipinski definition) is 1. The van der Waals surface area contributed by atoms with Gasteiger partial charge in [-0.25, -0.2) is 4.79 Å². The van der Waals surface area contributed by atoms with Gasteiger partial charge >= 0.3 is 6.03 Å². The van der Waals surface area contributed by atoms with Crippen LogP contribution in [0.25, 0.3) is 0 Å². The molecule has 0 aromatic carbocycles. The third kappa shape index (κ3) is 4.43. The fourth-order valence-corrected chi connectivity index (χ4v) is 4.33. The predicted molar refractivity (Wildman–Crippen MR) is 94.7 cm³/mol. The van der Waals surface area contributed by atoms with E-state index in [1.807, 2.05) is 22.7 Å². The first kappa shape index (κ1) is 16.7. The number of carbonyl (C=O) groups is 1. The van der Waals surface area contributed by atoms with Gasteiger partial charge in [0.2, 0.25) is 0 Å². The van der Waals surface area contributed by atoms with Crippen LogP contribution in [0, 0.1) is 0 Å². The molecule has 0 unspecified atom stereocenters. The van der Waals surface area contributed by atoms with E-state index in [0.717, 1.165) is 25.2 Å². The second kappa shape index (κ2) is 8.08. The molecule has 1 saturated carbocycles. The van der Waals surface area contributed by atoms with Gasteiger partial charge in [0.05, 0.1) is 18.3 Å². The molecule has 1 aliphatic carbocycles. The zero-order valence-corrected chi connectivity index (χ0v) is 14.9. The topological polar surface area (TPSA) is 50.2 Å². The van der Waals surface area contributed by atoms with Crippen molar-refractivity contribution < 1.29 is 4.79 Å².